The summed E-state index contributed by atoms with van der Waals surface area (Å²) in [7, 11) is 0. The van der Waals surface area contributed by atoms with Gasteiger partial charge in [0.1, 0.15) is 4.88 Å². The van der Waals surface area contributed by atoms with Crippen molar-refractivity contribution < 1.29 is 14.7 Å². The molecule has 1 rings (SSSR count). The molecular weight excluding hydrogens is 276 g/mol. The van der Waals surface area contributed by atoms with Gasteiger partial charge in [-0.1, -0.05) is 19.8 Å². The number of hydrogen-bond donors (Lipinski definition) is 2. The van der Waals surface area contributed by atoms with Crippen molar-refractivity contribution in [2.24, 2.45) is 0 Å². The van der Waals surface area contributed by atoms with Crippen molar-refractivity contribution in [3.8, 4) is 0 Å². The zero-order valence-electron chi connectivity index (χ0n) is 11.9. The van der Waals surface area contributed by atoms with Crippen LogP contribution < -0.4 is 5.32 Å². The molecule has 2 N–H and O–H groups in total. The molecule has 0 aromatic carbocycles. The van der Waals surface area contributed by atoms with Crippen molar-refractivity contribution in [1.82, 2.24) is 10.3 Å². The maximum absolute atomic E-state index is 11.8. The molecule has 0 atom stereocenters. The van der Waals surface area contributed by atoms with Gasteiger partial charge in [-0.05, 0) is 25.7 Å². The van der Waals surface area contributed by atoms with E-state index in [9.17, 15) is 9.59 Å². The van der Waals surface area contributed by atoms with Crippen LogP contribution in [-0.2, 0) is 11.2 Å². The molecule has 1 heterocycles. The van der Waals surface area contributed by atoms with E-state index in [2.05, 4.69) is 17.2 Å². The lowest BCUT2D eigenvalue weighted by Crippen LogP contribution is -2.23. The average Bonchev–Trinajstić information content (AvgIpc) is 2.86. The Morgan fingerprint density at radius 3 is 2.75 bits per heavy atom. The first-order chi connectivity index (χ1) is 9.63. The number of aliphatic carboxylic acids is 1. The second-order valence-electron chi connectivity index (χ2n) is 4.68. The third-order valence-electron chi connectivity index (χ3n) is 2.84. The van der Waals surface area contributed by atoms with Crippen LogP contribution in [0.3, 0.4) is 0 Å². The third-order valence-corrected chi connectivity index (χ3v) is 3.90. The van der Waals surface area contributed by atoms with Crippen molar-refractivity contribution >= 4 is 23.2 Å². The van der Waals surface area contributed by atoms with Gasteiger partial charge in [-0.15, -0.1) is 11.3 Å². The summed E-state index contributed by atoms with van der Waals surface area (Å²) in [5.74, 6) is -0.804. The quantitative estimate of drug-likeness (QED) is 0.651. The lowest BCUT2D eigenvalue weighted by atomic mass is 10.1. The fourth-order valence-electron chi connectivity index (χ4n) is 1.79. The van der Waals surface area contributed by atoms with E-state index in [0.29, 0.717) is 17.8 Å². The predicted molar refractivity (Wildman–Crippen MR) is 79.2 cm³/mol. The number of thiazole rings is 1. The number of nitrogens with one attached hydrogen (secondary N) is 1. The first-order valence-electron chi connectivity index (χ1n) is 7.08. The van der Waals surface area contributed by atoms with Gasteiger partial charge in [0.25, 0.3) is 5.91 Å². The molecule has 0 radical (unpaired) electrons. The lowest BCUT2D eigenvalue weighted by Gasteiger charge is -2.03. The minimum atomic E-state index is -0.744. The van der Waals surface area contributed by atoms with Crippen molar-refractivity contribution in [2.45, 2.75) is 51.9 Å². The summed E-state index contributed by atoms with van der Waals surface area (Å²) in [4.78, 5) is 27.0. The van der Waals surface area contributed by atoms with Crippen LogP contribution in [-0.4, -0.2) is 28.5 Å². The number of carboxylic acids is 1. The normalized spacial score (nSPS) is 10.4. The first-order valence-corrected chi connectivity index (χ1v) is 7.89. The van der Waals surface area contributed by atoms with Crippen LogP contribution >= 0.6 is 11.3 Å². The minimum Gasteiger partial charge on any atom is -0.481 e. The molecule has 1 aromatic rings. The highest BCUT2D eigenvalue weighted by molar-refractivity contribution is 7.13. The van der Waals surface area contributed by atoms with E-state index in [1.54, 1.807) is 6.20 Å². The van der Waals surface area contributed by atoms with Gasteiger partial charge in [0.05, 0.1) is 11.2 Å². The zero-order chi connectivity index (χ0) is 14.8. The number of nitrogens with zero attached hydrogens (tertiary/aromatic N) is 1. The van der Waals surface area contributed by atoms with Crippen molar-refractivity contribution in [3.05, 3.63) is 16.1 Å². The number of aryl methyl sites for hydroxylation is 1. The molecule has 6 heteroatoms. The maximum atomic E-state index is 11.8. The smallest absolute Gasteiger partial charge is 0.303 e. The molecule has 5 nitrogen and oxygen atoms in total. The molecule has 0 aliphatic heterocycles. The number of carbonyl (C=O) groups excluding carboxylic acids is 1. The predicted octanol–water partition coefficient (Wildman–Crippen LogP) is 2.86. The van der Waals surface area contributed by atoms with Crippen molar-refractivity contribution in [3.63, 3.8) is 0 Å². The first kappa shape index (κ1) is 16.6. The summed E-state index contributed by atoms with van der Waals surface area (Å²) in [6.45, 7) is 2.72. The molecule has 20 heavy (non-hydrogen) atoms. The largest absolute Gasteiger partial charge is 0.481 e. The van der Waals surface area contributed by atoms with Gasteiger partial charge in [-0.25, -0.2) is 4.98 Å². The molecule has 0 saturated heterocycles. The summed E-state index contributed by atoms with van der Waals surface area (Å²) < 4.78 is 0. The molecule has 0 unspecified atom stereocenters. The summed E-state index contributed by atoms with van der Waals surface area (Å²) in [5, 5.41) is 12.4. The van der Waals surface area contributed by atoms with E-state index in [-0.39, 0.29) is 12.3 Å². The molecular formula is C14H22N2O3S. The molecule has 0 aliphatic carbocycles. The van der Waals surface area contributed by atoms with Gasteiger partial charge < -0.3 is 10.4 Å². The van der Waals surface area contributed by atoms with Gasteiger partial charge in [0.2, 0.25) is 0 Å². The Kier molecular flexibility index (Phi) is 7.87. The molecule has 0 spiro atoms. The van der Waals surface area contributed by atoms with Crippen molar-refractivity contribution in [1.29, 1.82) is 0 Å². The zero-order valence-corrected chi connectivity index (χ0v) is 12.7. The van der Waals surface area contributed by atoms with Crippen LogP contribution in [0, 0.1) is 0 Å². The summed E-state index contributed by atoms with van der Waals surface area (Å²) in [5.41, 5.74) is 0. The monoisotopic (exact) mass is 298 g/mol. The van der Waals surface area contributed by atoms with E-state index in [1.165, 1.54) is 11.3 Å². The molecule has 1 aromatic heterocycles. The Bertz CT molecular complexity index is 432. The number of amides is 1. The maximum Gasteiger partial charge on any atom is 0.303 e. The Morgan fingerprint density at radius 2 is 2.05 bits per heavy atom. The highest BCUT2D eigenvalue weighted by atomic mass is 32.1. The van der Waals surface area contributed by atoms with Crippen LogP contribution in [0.15, 0.2) is 6.20 Å². The fourth-order valence-corrected chi connectivity index (χ4v) is 2.72. The molecule has 1 amide bonds. The van der Waals surface area contributed by atoms with Gasteiger partial charge >= 0.3 is 5.97 Å². The van der Waals surface area contributed by atoms with E-state index in [1.807, 2.05) is 0 Å². The topological polar surface area (TPSA) is 79.3 Å². The fraction of sp³-hybridized carbons (Fsp3) is 0.643. The third kappa shape index (κ3) is 6.65. The molecule has 0 fully saturated rings. The molecule has 0 saturated carbocycles. The van der Waals surface area contributed by atoms with Crippen LogP contribution in [0.1, 0.15) is 60.1 Å². The SMILES string of the molecule is CCCc1ncc(C(=O)NCCCCCCC(=O)O)s1. The van der Waals surface area contributed by atoms with E-state index < -0.39 is 5.97 Å². The van der Waals surface area contributed by atoms with Crippen LogP contribution in [0.2, 0.25) is 0 Å². The minimum absolute atomic E-state index is 0.0598. The number of hydrogen-bond acceptors (Lipinski definition) is 4. The summed E-state index contributed by atoms with van der Waals surface area (Å²) in [6.07, 6.45) is 7.24. The van der Waals surface area contributed by atoms with Gasteiger partial charge in [-0.2, -0.15) is 0 Å². The molecule has 0 aliphatic rings. The van der Waals surface area contributed by atoms with E-state index >= 15 is 0 Å². The van der Waals surface area contributed by atoms with Crippen molar-refractivity contribution in [2.75, 3.05) is 6.54 Å². The highest BCUT2D eigenvalue weighted by Crippen LogP contribution is 2.14. The summed E-state index contributed by atoms with van der Waals surface area (Å²) in [6, 6.07) is 0. The molecule has 112 valence electrons. The number of carbonyl (C=O) groups is 2. The second kappa shape index (κ2) is 9.47. The Labute approximate surface area is 123 Å². The summed E-state index contributed by atoms with van der Waals surface area (Å²) >= 11 is 1.45. The highest BCUT2D eigenvalue weighted by Gasteiger charge is 2.09. The van der Waals surface area contributed by atoms with Gasteiger partial charge in [0, 0.05) is 13.0 Å². The average molecular weight is 298 g/mol. The standard InChI is InChI=1S/C14H22N2O3S/c1-2-7-12-16-10-11(20-12)14(19)15-9-6-4-3-5-8-13(17)18/h10H,2-9H2,1H3,(H,15,19)(H,17,18). The Morgan fingerprint density at radius 1 is 1.30 bits per heavy atom. The Hall–Kier alpha value is -1.43. The number of rotatable bonds is 10. The van der Waals surface area contributed by atoms with Crippen LogP contribution in [0.5, 0.6) is 0 Å². The van der Waals surface area contributed by atoms with Crippen LogP contribution in [0.4, 0.5) is 0 Å². The molecule has 0 bridgehead atoms. The second-order valence-corrected chi connectivity index (χ2v) is 5.80. The Balaban J connectivity index is 2.11. The number of aromatic nitrogens is 1. The van der Waals surface area contributed by atoms with Gasteiger partial charge in [-0.3, -0.25) is 9.59 Å². The van der Waals surface area contributed by atoms with Gasteiger partial charge in [0.15, 0.2) is 0 Å². The number of carboxylic acid groups (broad SMARTS) is 1. The van der Waals surface area contributed by atoms with E-state index in [0.717, 1.165) is 37.1 Å². The lowest BCUT2D eigenvalue weighted by molar-refractivity contribution is -0.137. The van der Waals surface area contributed by atoms with E-state index in [4.69, 9.17) is 5.11 Å². The van der Waals surface area contributed by atoms with Crippen LogP contribution in [0.25, 0.3) is 0 Å². The number of unbranched alkanes of at least 4 members (excludes halogenated alkanes) is 3.